The van der Waals surface area contributed by atoms with Gasteiger partial charge in [0.1, 0.15) is 12.2 Å². The molecule has 0 unspecified atom stereocenters. The van der Waals surface area contributed by atoms with Crippen molar-refractivity contribution < 1.29 is 33.5 Å². The molecule has 0 bridgehead atoms. The minimum Gasteiger partial charge on any atom is -0.464 e. The highest BCUT2D eigenvalue weighted by Crippen LogP contribution is 2.13. The third-order valence-corrected chi connectivity index (χ3v) is 2.96. The highest BCUT2D eigenvalue weighted by molar-refractivity contribution is 5.90. The van der Waals surface area contributed by atoms with Gasteiger partial charge in [-0.15, -0.1) is 0 Å². The summed E-state index contributed by atoms with van der Waals surface area (Å²) in [6.45, 7) is 6.13. The van der Waals surface area contributed by atoms with Crippen LogP contribution < -0.4 is 5.32 Å². The molecule has 1 atom stereocenters. The molecule has 10 heteroatoms. The number of nitro benzene ring substituents is 1. The molecule has 27 heavy (non-hydrogen) atoms. The summed E-state index contributed by atoms with van der Waals surface area (Å²) in [6, 6.07) is 3.49. The zero-order valence-electron chi connectivity index (χ0n) is 15.5. The van der Waals surface area contributed by atoms with Gasteiger partial charge in [-0.2, -0.15) is 0 Å². The van der Waals surface area contributed by atoms with E-state index in [2.05, 4.69) is 5.32 Å². The van der Waals surface area contributed by atoms with Gasteiger partial charge in [0.25, 0.3) is 5.69 Å². The van der Waals surface area contributed by atoms with Crippen LogP contribution in [0.4, 0.5) is 10.5 Å². The average molecular weight is 382 g/mol. The van der Waals surface area contributed by atoms with Gasteiger partial charge in [-0.25, -0.2) is 14.4 Å². The van der Waals surface area contributed by atoms with E-state index in [9.17, 15) is 24.5 Å². The number of nitrogens with one attached hydrogen (secondary N) is 1. The molecule has 0 aliphatic rings. The third kappa shape index (κ3) is 7.72. The van der Waals surface area contributed by atoms with Crippen molar-refractivity contribution in [3.05, 3.63) is 39.9 Å². The summed E-state index contributed by atoms with van der Waals surface area (Å²) in [6.07, 6.45) is -0.869. The highest BCUT2D eigenvalue weighted by Gasteiger charge is 2.27. The molecule has 0 fully saturated rings. The fourth-order valence-electron chi connectivity index (χ4n) is 1.82. The van der Waals surface area contributed by atoms with Crippen molar-refractivity contribution in [3.8, 4) is 0 Å². The Morgan fingerprint density at radius 1 is 1.15 bits per heavy atom. The summed E-state index contributed by atoms with van der Waals surface area (Å²) in [5, 5.41) is 12.9. The van der Waals surface area contributed by atoms with Gasteiger partial charge >= 0.3 is 18.0 Å². The quantitative estimate of drug-likeness (QED) is 0.328. The van der Waals surface area contributed by atoms with Crippen LogP contribution in [0.2, 0.25) is 0 Å². The molecule has 1 aromatic rings. The molecule has 1 amide bonds. The molecule has 148 valence electrons. The summed E-state index contributed by atoms with van der Waals surface area (Å²) < 4.78 is 14.9. The minimum absolute atomic E-state index is 0.0560. The molecular weight excluding hydrogens is 360 g/mol. The Bertz CT molecular complexity index is 694. The van der Waals surface area contributed by atoms with Gasteiger partial charge in [0, 0.05) is 12.1 Å². The first-order chi connectivity index (χ1) is 12.5. The summed E-state index contributed by atoms with van der Waals surface area (Å²) in [4.78, 5) is 45.9. The molecule has 1 aromatic carbocycles. The number of rotatable bonds is 7. The van der Waals surface area contributed by atoms with Crippen LogP contribution in [-0.2, 0) is 19.0 Å². The molecule has 0 saturated heterocycles. The van der Waals surface area contributed by atoms with E-state index in [1.54, 1.807) is 27.7 Å². The molecule has 0 aromatic heterocycles. The van der Waals surface area contributed by atoms with Gasteiger partial charge < -0.3 is 19.5 Å². The van der Waals surface area contributed by atoms with Crippen LogP contribution in [0, 0.1) is 10.1 Å². The lowest BCUT2D eigenvalue weighted by molar-refractivity contribution is -0.384. The van der Waals surface area contributed by atoms with E-state index in [0.717, 1.165) is 12.1 Å². The topological polar surface area (TPSA) is 134 Å². The Labute approximate surface area is 155 Å². The Balaban J connectivity index is 2.74. The van der Waals surface area contributed by atoms with Crippen molar-refractivity contribution in [2.45, 2.75) is 39.3 Å². The second-order valence-electron chi connectivity index (χ2n) is 6.35. The minimum atomic E-state index is -1.26. The highest BCUT2D eigenvalue weighted by atomic mass is 16.6. The van der Waals surface area contributed by atoms with Crippen molar-refractivity contribution in [1.82, 2.24) is 5.32 Å². The number of hydrogen-bond donors (Lipinski definition) is 1. The van der Waals surface area contributed by atoms with Crippen LogP contribution in [0.5, 0.6) is 0 Å². The van der Waals surface area contributed by atoms with Crippen molar-refractivity contribution >= 4 is 23.7 Å². The maximum atomic E-state index is 12.0. The zero-order chi connectivity index (χ0) is 20.6. The second-order valence-corrected chi connectivity index (χ2v) is 6.35. The number of amides is 1. The zero-order valence-corrected chi connectivity index (χ0v) is 15.5. The van der Waals surface area contributed by atoms with Gasteiger partial charge in [0.05, 0.1) is 17.1 Å². The standard InChI is InChI=1S/C17H22N2O8/c1-5-25-15(21)13(18-16(22)27-17(2,3)4)10-26-14(20)11-6-8-12(9-7-11)19(23)24/h6-9,13H,5,10H2,1-4H3,(H,18,22)/t13-/m0/s1. The predicted molar refractivity (Wildman–Crippen MR) is 93.2 cm³/mol. The lowest BCUT2D eigenvalue weighted by atomic mass is 10.2. The maximum absolute atomic E-state index is 12.0. The predicted octanol–water partition coefficient (Wildman–Crippen LogP) is 2.21. The smallest absolute Gasteiger partial charge is 0.408 e. The number of non-ortho nitro benzene ring substituents is 1. The molecule has 1 rings (SSSR count). The fraction of sp³-hybridized carbons (Fsp3) is 0.471. The van der Waals surface area contributed by atoms with Crippen molar-refractivity contribution in [2.75, 3.05) is 13.2 Å². The molecule has 0 aliphatic heterocycles. The van der Waals surface area contributed by atoms with Gasteiger partial charge in [-0.3, -0.25) is 10.1 Å². The number of hydrogen-bond acceptors (Lipinski definition) is 8. The van der Waals surface area contributed by atoms with Crippen molar-refractivity contribution in [1.29, 1.82) is 0 Å². The Morgan fingerprint density at radius 3 is 2.22 bits per heavy atom. The van der Waals surface area contributed by atoms with E-state index in [1.807, 2.05) is 0 Å². The average Bonchev–Trinajstić information content (AvgIpc) is 2.56. The molecular formula is C17H22N2O8. The van der Waals surface area contributed by atoms with Gasteiger partial charge in [0.15, 0.2) is 6.04 Å². The van der Waals surface area contributed by atoms with Crippen LogP contribution in [0.15, 0.2) is 24.3 Å². The van der Waals surface area contributed by atoms with Crippen LogP contribution in [0.1, 0.15) is 38.1 Å². The number of nitro groups is 1. The molecule has 0 saturated carbocycles. The van der Waals surface area contributed by atoms with E-state index in [1.165, 1.54) is 12.1 Å². The van der Waals surface area contributed by atoms with Gasteiger partial charge in [-0.05, 0) is 39.8 Å². The Hall–Kier alpha value is -3.17. The van der Waals surface area contributed by atoms with E-state index in [-0.39, 0.29) is 17.9 Å². The van der Waals surface area contributed by atoms with E-state index in [0.29, 0.717) is 0 Å². The van der Waals surface area contributed by atoms with Crippen LogP contribution in [0.3, 0.4) is 0 Å². The molecule has 0 heterocycles. The Kier molecular flexibility index (Phi) is 7.70. The Morgan fingerprint density at radius 2 is 1.74 bits per heavy atom. The number of alkyl carbamates (subject to hydrolysis) is 1. The van der Waals surface area contributed by atoms with Crippen LogP contribution in [-0.4, -0.2) is 47.8 Å². The van der Waals surface area contributed by atoms with E-state index in [4.69, 9.17) is 14.2 Å². The summed E-state index contributed by atoms with van der Waals surface area (Å²) >= 11 is 0. The normalized spacial score (nSPS) is 11.9. The molecule has 0 spiro atoms. The number of nitrogens with zero attached hydrogens (tertiary/aromatic N) is 1. The lowest BCUT2D eigenvalue weighted by Crippen LogP contribution is -2.47. The molecule has 0 aliphatic carbocycles. The molecule has 0 radical (unpaired) electrons. The fourth-order valence-corrected chi connectivity index (χ4v) is 1.82. The number of benzene rings is 1. The van der Waals surface area contributed by atoms with Gasteiger partial charge in [0.2, 0.25) is 0 Å². The lowest BCUT2D eigenvalue weighted by Gasteiger charge is -2.22. The summed E-state index contributed by atoms with van der Waals surface area (Å²) in [5.41, 5.74) is -0.901. The molecule has 10 nitrogen and oxygen atoms in total. The second kappa shape index (κ2) is 9.51. The first-order valence-corrected chi connectivity index (χ1v) is 8.11. The summed E-state index contributed by atoms with van der Waals surface area (Å²) in [7, 11) is 0. The van der Waals surface area contributed by atoms with Crippen LogP contribution in [0.25, 0.3) is 0 Å². The van der Waals surface area contributed by atoms with E-state index >= 15 is 0 Å². The van der Waals surface area contributed by atoms with Crippen molar-refractivity contribution in [2.24, 2.45) is 0 Å². The maximum Gasteiger partial charge on any atom is 0.408 e. The largest absolute Gasteiger partial charge is 0.464 e. The van der Waals surface area contributed by atoms with Gasteiger partial charge in [-0.1, -0.05) is 0 Å². The first kappa shape index (κ1) is 21.9. The number of ether oxygens (including phenoxy) is 3. The monoisotopic (exact) mass is 382 g/mol. The third-order valence-electron chi connectivity index (χ3n) is 2.96. The van der Waals surface area contributed by atoms with Crippen LogP contribution >= 0.6 is 0 Å². The summed E-state index contributed by atoms with van der Waals surface area (Å²) in [5.74, 6) is -1.61. The number of esters is 2. The SMILES string of the molecule is CCOC(=O)[C@H](COC(=O)c1ccc([N+](=O)[O-])cc1)NC(=O)OC(C)(C)C. The number of carbonyl (C=O) groups excluding carboxylic acids is 3. The number of carbonyl (C=O) groups is 3. The molecule has 1 N–H and O–H groups in total. The van der Waals surface area contributed by atoms with E-state index < -0.39 is 41.2 Å². The first-order valence-electron chi connectivity index (χ1n) is 8.11. The van der Waals surface area contributed by atoms with Crippen molar-refractivity contribution in [3.63, 3.8) is 0 Å².